The molecule has 0 fully saturated rings. The van der Waals surface area contributed by atoms with Gasteiger partial charge in [0.2, 0.25) is 0 Å². The van der Waals surface area contributed by atoms with Crippen molar-refractivity contribution in [1.29, 1.82) is 0 Å². The Morgan fingerprint density at radius 1 is 0.370 bits per heavy atom. The summed E-state index contributed by atoms with van der Waals surface area (Å²) in [4.78, 5) is 18.7. The number of nitrogens with zero attached hydrogens (tertiary/aromatic N) is 4. The van der Waals surface area contributed by atoms with Gasteiger partial charge in [0.05, 0.1) is 16.1 Å². The van der Waals surface area contributed by atoms with Crippen molar-refractivity contribution in [2.45, 2.75) is 98.6 Å². The summed E-state index contributed by atoms with van der Waals surface area (Å²) < 4.78 is 0. The molecule has 2 radical (unpaired) electrons. The number of pyridine rings is 4. The van der Waals surface area contributed by atoms with Crippen LogP contribution >= 0.6 is 0 Å². The third kappa shape index (κ3) is 14.0. The van der Waals surface area contributed by atoms with Crippen LogP contribution < -0.4 is 31.1 Å². The Morgan fingerprint density at radius 3 is 1.02 bits per heavy atom. The maximum absolute atomic E-state index is 4.70. The summed E-state index contributed by atoms with van der Waals surface area (Å²) >= 11 is 0. The van der Waals surface area contributed by atoms with Gasteiger partial charge in [-0.15, -0.1) is 144 Å². The monoisotopic (exact) mass is 1480 g/mol. The third-order valence-electron chi connectivity index (χ3n) is 15.3. The Morgan fingerprint density at radius 2 is 0.691 bits per heavy atom. The normalized spacial score (nSPS) is 13.1. The molecule has 0 spiro atoms. The zero-order valence-electron chi connectivity index (χ0n) is 49.4. The summed E-state index contributed by atoms with van der Waals surface area (Å²) in [6, 6.07) is 71.7. The van der Waals surface area contributed by atoms with Crippen LogP contribution in [0, 0.1) is 31.2 Å². The standard InChI is InChI=1S/2C19H16NSi.C18H24NSi.C15H18NSi.2Ir/c2*1-21(2)18-11-7-6-10-15(18)16-12-17(20-13-19(16)21)14-8-4-3-5-9-14;1-18(2,3)15-12-16(14-10-8-7-9-11-14)19-13-17(15)20(4,5)6;1-12-10-14(13-8-6-5-7-9-13)16-11-15(12)17(2,3)4;;/h2*3-8,10-13H,1-2H3;7-10,12-13H,1-6H3;5-8,10-11H,1-4H3;;/q4*-1;;. The Hall–Kier alpha value is -5.91. The van der Waals surface area contributed by atoms with Crippen molar-refractivity contribution < 1.29 is 40.2 Å². The van der Waals surface area contributed by atoms with Gasteiger partial charge in [-0.1, -0.05) is 165 Å². The van der Waals surface area contributed by atoms with Gasteiger partial charge in [0.1, 0.15) is 16.1 Å². The summed E-state index contributed by atoms with van der Waals surface area (Å²) in [6.45, 7) is 32.9. The predicted molar refractivity (Wildman–Crippen MR) is 348 cm³/mol. The van der Waals surface area contributed by atoms with E-state index in [9.17, 15) is 0 Å². The van der Waals surface area contributed by atoms with Crippen LogP contribution in [0.2, 0.25) is 65.5 Å². The number of fused-ring (bicyclic) bond motifs is 6. The van der Waals surface area contributed by atoms with Gasteiger partial charge in [0.15, 0.2) is 0 Å². The molecule has 0 aliphatic carbocycles. The SMILES string of the molecule is CC(C)(C)c1cc(-c2[c-]cccc2)ncc1[Si](C)(C)C.C[Si]1(C)c2ccccc2-c2cc(-c3[c-]cccc3)ncc21.C[Si]1(C)c2ccccc2-c2cc(-c3[c-]cccc3)ncc21.Cc1cc(-c2[c-]cccc2)ncc1[Si](C)(C)C.[Ir].[Ir]. The second-order valence-corrected chi connectivity index (χ2v) is 43.7. The molecule has 0 saturated heterocycles. The van der Waals surface area contributed by atoms with E-state index in [4.69, 9.17) is 15.0 Å². The molecule has 12 rings (SSSR count). The molecule has 4 aromatic heterocycles. The van der Waals surface area contributed by atoms with Crippen molar-refractivity contribution in [3.63, 3.8) is 0 Å². The molecule has 0 atom stereocenters. The van der Waals surface area contributed by atoms with Gasteiger partial charge in [0, 0.05) is 65.0 Å². The first-order valence-corrected chi connectivity index (χ1v) is 40.6. The molecule has 0 N–H and O–H groups in total. The molecule has 416 valence electrons. The van der Waals surface area contributed by atoms with Gasteiger partial charge in [-0.3, -0.25) is 0 Å². The van der Waals surface area contributed by atoms with Crippen LogP contribution in [0.4, 0.5) is 0 Å². The molecular formula is C71H74Ir2N4Si4-4. The maximum atomic E-state index is 4.70. The first-order valence-electron chi connectivity index (χ1n) is 27.6. The van der Waals surface area contributed by atoms with Crippen molar-refractivity contribution in [1.82, 2.24) is 19.9 Å². The Bertz CT molecular complexity index is 3600. The fraction of sp³-hybridized carbons (Fsp3) is 0.211. The molecule has 81 heavy (non-hydrogen) atoms. The van der Waals surface area contributed by atoms with Gasteiger partial charge in [-0.2, -0.15) is 0 Å². The molecule has 4 nitrogen and oxygen atoms in total. The van der Waals surface area contributed by atoms with E-state index in [0.29, 0.717) is 0 Å². The van der Waals surface area contributed by atoms with Crippen molar-refractivity contribution in [3.05, 3.63) is 230 Å². The van der Waals surface area contributed by atoms with Gasteiger partial charge in [-0.25, -0.2) is 0 Å². The number of aryl methyl sites for hydroxylation is 1. The Kier molecular flexibility index (Phi) is 19.9. The molecule has 0 saturated carbocycles. The molecule has 6 aromatic carbocycles. The number of aromatic nitrogens is 4. The van der Waals surface area contributed by atoms with E-state index < -0.39 is 32.3 Å². The molecular weight excluding hydrogens is 1410 g/mol. The molecule has 6 heterocycles. The minimum absolute atomic E-state index is 0. The zero-order chi connectivity index (χ0) is 56.3. The van der Waals surface area contributed by atoms with Crippen LogP contribution in [0.25, 0.3) is 67.3 Å². The van der Waals surface area contributed by atoms with Gasteiger partial charge in [-0.05, 0) is 94.1 Å². The average molecular weight is 1480 g/mol. The molecule has 10 heteroatoms. The van der Waals surface area contributed by atoms with E-state index in [1.807, 2.05) is 72.8 Å². The van der Waals surface area contributed by atoms with E-state index in [1.165, 1.54) is 64.5 Å². The van der Waals surface area contributed by atoms with E-state index in [0.717, 1.165) is 45.0 Å². The second-order valence-electron chi connectivity index (χ2n) is 24.9. The quantitative estimate of drug-likeness (QED) is 0.123. The van der Waals surface area contributed by atoms with Crippen molar-refractivity contribution in [3.8, 4) is 67.3 Å². The zero-order valence-corrected chi connectivity index (χ0v) is 58.2. The fourth-order valence-electron chi connectivity index (χ4n) is 11.0. The first-order chi connectivity index (χ1) is 37.5. The van der Waals surface area contributed by atoms with Crippen molar-refractivity contribution in [2.24, 2.45) is 0 Å². The van der Waals surface area contributed by atoms with Crippen LogP contribution in [-0.2, 0) is 45.6 Å². The van der Waals surface area contributed by atoms with E-state index in [1.54, 1.807) is 0 Å². The van der Waals surface area contributed by atoms with E-state index >= 15 is 0 Å². The second kappa shape index (κ2) is 25.7. The van der Waals surface area contributed by atoms with E-state index in [2.05, 4.69) is 244 Å². The molecule has 2 aliphatic rings. The van der Waals surface area contributed by atoms with Crippen LogP contribution in [0.5, 0.6) is 0 Å². The minimum Gasteiger partial charge on any atom is -0.305 e. The van der Waals surface area contributed by atoms with Gasteiger partial charge < -0.3 is 19.9 Å². The smallest absolute Gasteiger partial charge is 0.115 e. The van der Waals surface area contributed by atoms with Gasteiger partial charge in [0.25, 0.3) is 0 Å². The van der Waals surface area contributed by atoms with E-state index in [-0.39, 0.29) is 45.6 Å². The number of benzene rings is 6. The van der Waals surface area contributed by atoms with Crippen LogP contribution in [0.15, 0.2) is 195 Å². The first kappa shape index (κ1) is 62.7. The fourth-order valence-corrected chi connectivity index (χ4v) is 20.3. The summed E-state index contributed by atoms with van der Waals surface area (Å²) in [5.41, 5.74) is 16.8. The molecule has 10 aromatic rings. The number of hydrogen-bond donors (Lipinski definition) is 0. The summed E-state index contributed by atoms with van der Waals surface area (Å²) in [7, 11) is -5.81. The average Bonchev–Trinajstić information content (AvgIpc) is 4.03. The molecule has 0 unspecified atom stereocenters. The topological polar surface area (TPSA) is 51.6 Å². The largest absolute Gasteiger partial charge is 0.305 e. The van der Waals surface area contributed by atoms with Gasteiger partial charge >= 0.3 is 0 Å². The predicted octanol–water partition coefficient (Wildman–Crippen LogP) is 14.5. The van der Waals surface area contributed by atoms with Crippen LogP contribution in [-0.4, -0.2) is 52.2 Å². The van der Waals surface area contributed by atoms with Crippen LogP contribution in [0.1, 0.15) is 31.9 Å². The summed E-state index contributed by atoms with van der Waals surface area (Å²) in [6.07, 6.45) is 8.34. The Balaban J connectivity index is 0.000000155. The van der Waals surface area contributed by atoms with Crippen molar-refractivity contribution >= 4 is 63.4 Å². The Labute approximate surface area is 515 Å². The minimum atomic E-state index is -1.58. The maximum Gasteiger partial charge on any atom is 0.115 e. The van der Waals surface area contributed by atoms with Crippen molar-refractivity contribution in [2.75, 3.05) is 0 Å². The van der Waals surface area contributed by atoms with Crippen LogP contribution in [0.3, 0.4) is 0 Å². The molecule has 0 amide bonds. The number of hydrogen-bond acceptors (Lipinski definition) is 4. The summed E-state index contributed by atoms with van der Waals surface area (Å²) in [5, 5.41) is 8.85. The third-order valence-corrected chi connectivity index (χ3v) is 26.5. The molecule has 0 bridgehead atoms. The molecule has 2 aliphatic heterocycles. The number of rotatable bonds is 6. The summed E-state index contributed by atoms with van der Waals surface area (Å²) in [5.74, 6) is 0.